The van der Waals surface area contributed by atoms with Crippen LogP contribution in [-0.2, 0) is 14.3 Å². The Morgan fingerprint density at radius 1 is 1.42 bits per heavy atom. The van der Waals surface area contributed by atoms with Crippen LogP contribution in [0.2, 0.25) is 0 Å². The first-order valence-electron chi connectivity index (χ1n) is 7.40. The summed E-state index contributed by atoms with van der Waals surface area (Å²) in [7, 11) is 1.76. The molecule has 1 saturated heterocycles. The maximum Gasteiger partial charge on any atom is 0.324 e. The molecule has 0 aromatic rings. The largest absolute Gasteiger partial charge is 0.465 e. The first kappa shape index (κ1) is 14.8. The molecule has 2 aliphatic rings. The van der Waals surface area contributed by atoms with Crippen LogP contribution in [0.4, 0.5) is 0 Å². The number of rotatable bonds is 7. The lowest BCUT2D eigenvalue weighted by atomic mass is 10.1. The topological polar surface area (TPSA) is 50.8 Å². The van der Waals surface area contributed by atoms with Crippen molar-refractivity contribution in [3.63, 3.8) is 0 Å². The van der Waals surface area contributed by atoms with Gasteiger partial charge in [0, 0.05) is 26.2 Å². The first-order valence-corrected chi connectivity index (χ1v) is 7.40. The minimum absolute atomic E-state index is 0.117. The van der Waals surface area contributed by atoms with E-state index < -0.39 is 0 Å². The molecule has 2 fully saturated rings. The first-order chi connectivity index (χ1) is 9.22. The number of methoxy groups -OCH3 is 1. The molecule has 2 unspecified atom stereocenters. The molecule has 2 rings (SSSR count). The fourth-order valence-corrected chi connectivity index (χ4v) is 2.60. The van der Waals surface area contributed by atoms with E-state index in [0.29, 0.717) is 18.8 Å². The van der Waals surface area contributed by atoms with Gasteiger partial charge in [0.2, 0.25) is 0 Å². The Labute approximate surface area is 115 Å². The molecular weight excluding hydrogens is 244 g/mol. The number of hydrogen-bond donors (Lipinski definition) is 1. The monoisotopic (exact) mass is 270 g/mol. The minimum atomic E-state index is -0.192. The van der Waals surface area contributed by atoms with Gasteiger partial charge in [0.1, 0.15) is 6.04 Å². The van der Waals surface area contributed by atoms with Crippen molar-refractivity contribution in [2.45, 2.75) is 50.8 Å². The Kier molecular flexibility index (Phi) is 5.60. The second-order valence-corrected chi connectivity index (χ2v) is 5.51. The maximum atomic E-state index is 12.0. The molecule has 0 amide bonds. The zero-order valence-electron chi connectivity index (χ0n) is 12.1. The molecule has 1 heterocycles. The second-order valence-electron chi connectivity index (χ2n) is 5.51. The third-order valence-corrected chi connectivity index (χ3v) is 3.82. The van der Waals surface area contributed by atoms with Crippen molar-refractivity contribution in [3.8, 4) is 0 Å². The predicted octanol–water partition coefficient (Wildman–Crippen LogP) is 0.781. The Balaban J connectivity index is 1.84. The Morgan fingerprint density at radius 2 is 2.21 bits per heavy atom. The summed E-state index contributed by atoms with van der Waals surface area (Å²) in [6, 6.07) is 0.320. The molecule has 1 saturated carbocycles. The summed E-state index contributed by atoms with van der Waals surface area (Å²) in [5.74, 6) is -0.117. The molecule has 0 bridgehead atoms. The van der Waals surface area contributed by atoms with Crippen LogP contribution < -0.4 is 5.32 Å². The average Bonchev–Trinajstić information content (AvgIpc) is 3.22. The number of likely N-dealkylation sites (tertiary alicyclic amines) is 1. The highest BCUT2D eigenvalue weighted by atomic mass is 16.5. The fourth-order valence-electron chi connectivity index (χ4n) is 2.60. The van der Waals surface area contributed by atoms with Crippen molar-refractivity contribution in [1.82, 2.24) is 10.2 Å². The zero-order chi connectivity index (χ0) is 13.7. The van der Waals surface area contributed by atoms with Crippen LogP contribution in [0.15, 0.2) is 0 Å². The molecule has 110 valence electrons. The highest BCUT2D eigenvalue weighted by Crippen LogP contribution is 2.20. The molecule has 0 spiro atoms. The molecule has 1 aliphatic carbocycles. The van der Waals surface area contributed by atoms with Gasteiger partial charge in [-0.05, 0) is 39.2 Å². The molecule has 5 heteroatoms. The Bertz CT molecular complexity index is 294. The van der Waals surface area contributed by atoms with Crippen molar-refractivity contribution >= 4 is 5.97 Å². The molecule has 0 aromatic carbocycles. The SMILES string of the molecule is CCOC(=O)C(CN1CCCC(OC)C1)NC1CC1. The number of ether oxygens (including phenoxy) is 2. The summed E-state index contributed by atoms with van der Waals surface area (Å²) in [4.78, 5) is 14.3. The number of carbonyl (C=O) groups excluding carboxylic acids is 1. The van der Waals surface area contributed by atoms with Gasteiger partial charge in [-0.25, -0.2) is 0 Å². The van der Waals surface area contributed by atoms with E-state index in [1.807, 2.05) is 6.92 Å². The quantitative estimate of drug-likeness (QED) is 0.693. The number of esters is 1. The summed E-state index contributed by atoms with van der Waals surface area (Å²) in [5.41, 5.74) is 0. The van der Waals surface area contributed by atoms with E-state index in [4.69, 9.17) is 9.47 Å². The van der Waals surface area contributed by atoms with Gasteiger partial charge in [0.15, 0.2) is 0 Å². The standard InChI is InChI=1S/C14H26N2O3/c1-3-19-14(17)13(15-11-6-7-11)10-16-8-4-5-12(9-16)18-2/h11-13,15H,3-10H2,1-2H3. The van der Waals surface area contributed by atoms with Gasteiger partial charge < -0.3 is 14.8 Å². The second kappa shape index (κ2) is 7.22. The van der Waals surface area contributed by atoms with Gasteiger partial charge in [0.05, 0.1) is 12.7 Å². The van der Waals surface area contributed by atoms with E-state index in [-0.39, 0.29) is 12.0 Å². The van der Waals surface area contributed by atoms with E-state index in [9.17, 15) is 4.79 Å². The van der Waals surface area contributed by atoms with Crippen molar-refractivity contribution in [3.05, 3.63) is 0 Å². The normalized spacial score (nSPS) is 26.1. The van der Waals surface area contributed by atoms with Crippen LogP contribution in [0, 0.1) is 0 Å². The molecular formula is C14H26N2O3. The van der Waals surface area contributed by atoms with Crippen molar-refractivity contribution in [1.29, 1.82) is 0 Å². The lowest BCUT2D eigenvalue weighted by molar-refractivity contribution is -0.146. The van der Waals surface area contributed by atoms with Gasteiger partial charge in [-0.15, -0.1) is 0 Å². The highest BCUT2D eigenvalue weighted by Gasteiger charge is 2.31. The third-order valence-electron chi connectivity index (χ3n) is 3.82. The lowest BCUT2D eigenvalue weighted by Crippen LogP contribution is -2.51. The molecule has 5 nitrogen and oxygen atoms in total. The van der Waals surface area contributed by atoms with Crippen LogP contribution in [0.5, 0.6) is 0 Å². The van der Waals surface area contributed by atoms with Crippen LogP contribution in [0.1, 0.15) is 32.6 Å². The van der Waals surface area contributed by atoms with Gasteiger partial charge in [-0.3, -0.25) is 9.69 Å². The fraction of sp³-hybridized carbons (Fsp3) is 0.929. The maximum absolute atomic E-state index is 12.0. The van der Waals surface area contributed by atoms with Crippen LogP contribution in [0.3, 0.4) is 0 Å². The number of hydrogen-bond acceptors (Lipinski definition) is 5. The molecule has 0 aromatic heterocycles. The van der Waals surface area contributed by atoms with Gasteiger partial charge in [-0.2, -0.15) is 0 Å². The molecule has 2 atom stereocenters. The predicted molar refractivity (Wildman–Crippen MR) is 73.0 cm³/mol. The Hall–Kier alpha value is -0.650. The number of carbonyl (C=O) groups is 1. The third kappa shape index (κ3) is 4.75. The van der Waals surface area contributed by atoms with E-state index >= 15 is 0 Å². The summed E-state index contributed by atoms with van der Waals surface area (Å²) < 4.78 is 10.6. The summed E-state index contributed by atoms with van der Waals surface area (Å²) in [6.07, 6.45) is 4.91. The van der Waals surface area contributed by atoms with Crippen molar-refractivity contribution < 1.29 is 14.3 Å². The van der Waals surface area contributed by atoms with E-state index in [0.717, 1.165) is 32.5 Å². The highest BCUT2D eigenvalue weighted by molar-refractivity contribution is 5.76. The summed E-state index contributed by atoms with van der Waals surface area (Å²) in [6.45, 7) is 4.99. The lowest BCUT2D eigenvalue weighted by Gasteiger charge is -2.34. The average molecular weight is 270 g/mol. The number of nitrogens with one attached hydrogen (secondary N) is 1. The van der Waals surface area contributed by atoms with E-state index in [1.165, 1.54) is 12.8 Å². The van der Waals surface area contributed by atoms with Gasteiger partial charge >= 0.3 is 5.97 Å². The van der Waals surface area contributed by atoms with E-state index in [1.54, 1.807) is 7.11 Å². The van der Waals surface area contributed by atoms with E-state index in [2.05, 4.69) is 10.2 Å². The zero-order valence-corrected chi connectivity index (χ0v) is 12.1. The smallest absolute Gasteiger partial charge is 0.324 e. The van der Waals surface area contributed by atoms with Crippen molar-refractivity contribution in [2.75, 3.05) is 33.4 Å². The summed E-state index contributed by atoms with van der Waals surface area (Å²) in [5, 5.41) is 3.40. The van der Waals surface area contributed by atoms with Gasteiger partial charge in [0.25, 0.3) is 0 Å². The van der Waals surface area contributed by atoms with Crippen LogP contribution in [0.25, 0.3) is 0 Å². The number of nitrogens with zero attached hydrogens (tertiary/aromatic N) is 1. The number of piperidine rings is 1. The minimum Gasteiger partial charge on any atom is -0.465 e. The summed E-state index contributed by atoms with van der Waals surface area (Å²) >= 11 is 0. The molecule has 1 N–H and O–H groups in total. The Morgan fingerprint density at radius 3 is 2.84 bits per heavy atom. The van der Waals surface area contributed by atoms with Crippen LogP contribution >= 0.6 is 0 Å². The molecule has 0 radical (unpaired) electrons. The molecule has 1 aliphatic heterocycles. The molecule has 19 heavy (non-hydrogen) atoms. The van der Waals surface area contributed by atoms with Crippen LogP contribution in [-0.4, -0.2) is 62.4 Å². The van der Waals surface area contributed by atoms with Gasteiger partial charge in [-0.1, -0.05) is 0 Å². The van der Waals surface area contributed by atoms with Crippen molar-refractivity contribution in [2.24, 2.45) is 0 Å².